The molecule has 0 aliphatic heterocycles. The normalized spacial score (nSPS) is 13.0. The Morgan fingerprint density at radius 1 is 1.47 bits per heavy atom. The highest BCUT2D eigenvalue weighted by molar-refractivity contribution is 9.10. The number of halogens is 1. The number of para-hydroxylation sites is 1. The first-order chi connectivity index (χ1) is 9.15. The van der Waals surface area contributed by atoms with E-state index in [-0.39, 0.29) is 6.04 Å². The van der Waals surface area contributed by atoms with Gasteiger partial charge in [0.25, 0.3) is 0 Å². The van der Waals surface area contributed by atoms with Crippen molar-refractivity contribution in [2.45, 2.75) is 12.5 Å². The molecule has 0 aliphatic rings. The van der Waals surface area contributed by atoms with Crippen LogP contribution in [-0.2, 0) is 13.5 Å². The van der Waals surface area contributed by atoms with Crippen LogP contribution < -0.4 is 5.73 Å². The number of rotatable bonds is 3. The Hall–Kier alpha value is -1.66. The fraction of sp³-hybridized carbons (Fsp3) is 0.231. The summed E-state index contributed by atoms with van der Waals surface area (Å²) in [5, 5.41) is 5.07. The maximum absolute atomic E-state index is 6.18. The van der Waals surface area contributed by atoms with Crippen LogP contribution >= 0.6 is 15.9 Å². The number of aromatic nitrogens is 3. The highest BCUT2D eigenvalue weighted by Gasteiger charge is 2.16. The minimum absolute atomic E-state index is 0.234. The molecule has 19 heavy (non-hydrogen) atoms. The third-order valence-electron chi connectivity index (χ3n) is 3.09. The van der Waals surface area contributed by atoms with Crippen LogP contribution in [0.2, 0.25) is 0 Å². The average Bonchev–Trinajstić information content (AvgIpc) is 2.97. The molecule has 1 unspecified atom stereocenters. The Balaban J connectivity index is 1.91. The van der Waals surface area contributed by atoms with E-state index >= 15 is 0 Å². The molecule has 0 aliphatic carbocycles. The lowest BCUT2D eigenvalue weighted by Gasteiger charge is -2.07. The van der Waals surface area contributed by atoms with Crippen molar-refractivity contribution in [1.82, 2.24) is 14.8 Å². The number of furan rings is 1. The zero-order valence-electron chi connectivity index (χ0n) is 10.4. The topological polar surface area (TPSA) is 69.9 Å². The summed E-state index contributed by atoms with van der Waals surface area (Å²) in [6.45, 7) is 0. The van der Waals surface area contributed by atoms with Crippen LogP contribution in [0.4, 0.5) is 0 Å². The number of nitrogens with two attached hydrogens (primary N) is 1. The van der Waals surface area contributed by atoms with Crippen molar-refractivity contribution in [1.29, 1.82) is 0 Å². The average molecular weight is 321 g/mol. The van der Waals surface area contributed by atoms with Gasteiger partial charge in [-0.05, 0) is 28.1 Å². The summed E-state index contributed by atoms with van der Waals surface area (Å²) in [7, 11) is 1.85. The summed E-state index contributed by atoms with van der Waals surface area (Å²) in [4.78, 5) is 4.17. The van der Waals surface area contributed by atoms with Gasteiger partial charge in [0, 0.05) is 18.9 Å². The maximum Gasteiger partial charge on any atom is 0.148 e. The summed E-state index contributed by atoms with van der Waals surface area (Å²) in [5.74, 6) is 1.59. The number of aryl methyl sites for hydroxylation is 1. The van der Waals surface area contributed by atoms with Crippen molar-refractivity contribution in [2.24, 2.45) is 12.8 Å². The Morgan fingerprint density at radius 2 is 2.32 bits per heavy atom. The van der Waals surface area contributed by atoms with Crippen LogP contribution in [0.25, 0.3) is 11.0 Å². The van der Waals surface area contributed by atoms with Crippen LogP contribution in [0.1, 0.15) is 17.6 Å². The third-order valence-corrected chi connectivity index (χ3v) is 3.71. The lowest BCUT2D eigenvalue weighted by Crippen LogP contribution is -2.15. The predicted molar refractivity (Wildman–Crippen MR) is 75.5 cm³/mol. The second kappa shape index (κ2) is 4.79. The highest BCUT2D eigenvalue weighted by atomic mass is 79.9. The van der Waals surface area contributed by atoms with Crippen molar-refractivity contribution in [2.75, 3.05) is 0 Å². The zero-order valence-corrected chi connectivity index (χ0v) is 12.0. The molecule has 0 saturated heterocycles. The lowest BCUT2D eigenvalue weighted by molar-refractivity contribution is 0.482. The summed E-state index contributed by atoms with van der Waals surface area (Å²) < 4.78 is 8.47. The van der Waals surface area contributed by atoms with E-state index in [0.717, 1.165) is 27.0 Å². The van der Waals surface area contributed by atoms with E-state index in [1.54, 1.807) is 4.68 Å². The molecule has 1 aromatic carbocycles. The Bertz CT molecular complexity index is 718. The molecule has 5 nitrogen and oxygen atoms in total. The van der Waals surface area contributed by atoms with Crippen molar-refractivity contribution >= 4 is 26.9 Å². The molecular formula is C13H13BrN4O. The molecule has 2 N–H and O–H groups in total. The molecular weight excluding hydrogens is 308 g/mol. The highest BCUT2D eigenvalue weighted by Crippen LogP contribution is 2.29. The fourth-order valence-corrected chi connectivity index (χ4v) is 2.49. The minimum Gasteiger partial charge on any atom is -0.458 e. The lowest BCUT2D eigenvalue weighted by atomic mass is 10.1. The molecule has 0 saturated carbocycles. The largest absolute Gasteiger partial charge is 0.458 e. The van der Waals surface area contributed by atoms with E-state index in [1.807, 2.05) is 31.3 Å². The standard InChI is InChI=1S/C13H13BrN4O/c1-18-12(16-7-17-18)6-10(15)11-5-8-3-2-4-9(14)13(8)19-11/h2-5,7,10H,6,15H2,1H3. The summed E-state index contributed by atoms with van der Waals surface area (Å²) in [6, 6.07) is 7.66. The monoisotopic (exact) mass is 320 g/mol. The molecule has 3 rings (SSSR count). The molecule has 6 heteroatoms. The van der Waals surface area contributed by atoms with Gasteiger partial charge in [0.2, 0.25) is 0 Å². The molecule has 0 spiro atoms. The van der Waals surface area contributed by atoms with E-state index in [9.17, 15) is 0 Å². The van der Waals surface area contributed by atoms with Crippen LogP contribution in [-0.4, -0.2) is 14.8 Å². The number of fused-ring (bicyclic) bond motifs is 1. The van der Waals surface area contributed by atoms with E-state index < -0.39 is 0 Å². The van der Waals surface area contributed by atoms with Gasteiger partial charge in [-0.3, -0.25) is 4.68 Å². The number of benzene rings is 1. The Labute approximate surface area is 118 Å². The SMILES string of the molecule is Cn1ncnc1CC(N)c1cc2cccc(Br)c2o1. The summed E-state index contributed by atoms with van der Waals surface area (Å²) >= 11 is 3.47. The molecule has 0 amide bonds. The van der Waals surface area contributed by atoms with Crippen molar-refractivity contribution in [3.05, 3.63) is 46.7 Å². The van der Waals surface area contributed by atoms with Crippen molar-refractivity contribution < 1.29 is 4.42 Å². The van der Waals surface area contributed by atoms with E-state index in [0.29, 0.717) is 6.42 Å². The van der Waals surface area contributed by atoms with Crippen molar-refractivity contribution in [3.63, 3.8) is 0 Å². The van der Waals surface area contributed by atoms with Crippen LogP contribution in [0.15, 0.2) is 39.5 Å². The fourth-order valence-electron chi connectivity index (χ4n) is 2.03. The number of nitrogens with zero attached hydrogens (tertiary/aromatic N) is 3. The van der Waals surface area contributed by atoms with Crippen LogP contribution in [0.5, 0.6) is 0 Å². The maximum atomic E-state index is 6.18. The second-order valence-corrected chi connectivity index (χ2v) is 5.27. The number of hydrogen-bond acceptors (Lipinski definition) is 4. The molecule has 2 heterocycles. The molecule has 3 aromatic rings. The van der Waals surface area contributed by atoms with Gasteiger partial charge in [0.1, 0.15) is 23.5 Å². The molecule has 1 atom stereocenters. The van der Waals surface area contributed by atoms with Gasteiger partial charge in [0.15, 0.2) is 0 Å². The predicted octanol–water partition coefficient (Wildman–Crippen LogP) is 2.57. The molecule has 2 aromatic heterocycles. The zero-order chi connectivity index (χ0) is 13.4. The van der Waals surface area contributed by atoms with Gasteiger partial charge < -0.3 is 10.2 Å². The molecule has 0 fully saturated rings. The van der Waals surface area contributed by atoms with Gasteiger partial charge in [0.05, 0.1) is 10.5 Å². The van der Waals surface area contributed by atoms with E-state index in [2.05, 4.69) is 26.0 Å². The molecule has 0 radical (unpaired) electrons. The van der Waals surface area contributed by atoms with E-state index in [4.69, 9.17) is 10.2 Å². The smallest absolute Gasteiger partial charge is 0.148 e. The Kier molecular flexibility index (Phi) is 3.12. The van der Waals surface area contributed by atoms with Crippen LogP contribution in [0, 0.1) is 0 Å². The quantitative estimate of drug-likeness (QED) is 0.805. The van der Waals surface area contributed by atoms with Gasteiger partial charge in [-0.25, -0.2) is 4.98 Å². The van der Waals surface area contributed by atoms with Gasteiger partial charge in [-0.2, -0.15) is 5.10 Å². The first kappa shape index (κ1) is 12.4. The van der Waals surface area contributed by atoms with Gasteiger partial charge >= 0.3 is 0 Å². The molecule has 98 valence electrons. The minimum atomic E-state index is -0.234. The second-order valence-electron chi connectivity index (χ2n) is 4.42. The summed E-state index contributed by atoms with van der Waals surface area (Å²) in [5.41, 5.74) is 7.00. The Morgan fingerprint density at radius 3 is 3.00 bits per heavy atom. The third kappa shape index (κ3) is 2.29. The number of hydrogen-bond donors (Lipinski definition) is 1. The van der Waals surface area contributed by atoms with E-state index in [1.165, 1.54) is 6.33 Å². The molecule has 0 bridgehead atoms. The first-order valence-electron chi connectivity index (χ1n) is 5.91. The summed E-state index contributed by atoms with van der Waals surface area (Å²) in [6.07, 6.45) is 2.12. The van der Waals surface area contributed by atoms with Gasteiger partial charge in [-0.15, -0.1) is 0 Å². The van der Waals surface area contributed by atoms with Gasteiger partial charge in [-0.1, -0.05) is 12.1 Å². The first-order valence-corrected chi connectivity index (χ1v) is 6.71. The van der Waals surface area contributed by atoms with Crippen LogP contribution in [0.3, 0.4) is 0 Å². The van der Waals surface area contributed by atoms with Crippen molar-refractivity contribution in [3.8, 4) is 0 Å².